The standard InChI is InChI=1S/C13H20N3O3P/c1-14(2)11(17)8-7-20-10(13(19)16(5)6)9(8)12(18)15(3)4/h7,20H,1-6H3. The highest BCUT2D eigenvalue weighted by molar-refractivity contribution is 7.32. The Labute approximate surface area is 120 Å². The van der Waals surface area contributed by atoms with E-state index in [4.69, 9.17) is 0 Å². The van der Waals surface area contributed by atoms with E-state index >= 15 is 0 Å². The summed E-state index contributed by atoms with van der Waals surface area (Å²) in [5, 5.41) is 0.402. The maximum Gasteiger partial charge on any atom is 0.257 e. The van der Waals surface area contributed by atoms with Crippen LogP contribution in [0.2, 0.25) is 0 Å². The second-order valence-electron chi connectivity index (χ2n) is 5.05. The van der Waals surface area contributed by atoms with Crippen LogP contribution < -0.4 is 0 Å². The summed E-state index contributed by atoms with van der Waals surface area (Å²) in [6.45, 7) is 0. The number of carbonyl (C=O) groups excluding carboxylic acids is 3. The predicted octanol–water partition coefficient (Wildman–Crippen LogP) is 0.823. The molecule has 1 rings (SSSR count). The average molecular weight is 297 g/mol. The van der Waals surface area contributed by atoms with E-state index in [-0.39, 0.29) is 31.5 Å². The van der Waals surface area contributed by atoms with E-state index in [9.17, 15) is 14.4 Å². The van der Waals surface area contributed by atoms with Gasteiger partial charge in [-0.1, -0.05) is 0 Å². The molecule has 0 saturated heterocycles. The van der Waals surface area contributed by atoms with Crippen LogP contribution in [0.4, 0.5) is 0 Å². The van der Waals surface area contributed by atoms with Crippen molar-refractivity contribution in [3.05, 3.63) is 22.2 Å². The molecule has 6 nitrogen and oxygen atoms in total. The van der Waals surface area contributed by atoms with Gasteiger partial charge in [0.25, 0.3) is 17.7 Å². The molecule has 0 aliphatic carbocycles. The lowest BCUT2D eigenvalue weighted by Crippen LogP contribution is -2.30. The summed E-state index contributed by atoms with van der Waals surface area (Å²) >= 11 is 0. The van der Waals surface area contributed by atoms with Gasteiger partial charge < -0.3 is 14.7 Å². The molecule has 1 heterocycles. The third kappa shape index (κ3) is 3.02. The van der Waals surface area contributed by atoms with Crippen molar-refractivity contribution in [1.29, 1.82) is 0 Å². The van der Waals surface area contributed by atoms with Gasteiger partial charge >= 0.3 is 0 Å². The van der Waals surface area contributed by atoms with Crippen LogP contribution in [0.1, 0.15) is 30.8 Å². The van der Waals surface area contributed by atoms with Crippen LogP contribution in [-0.2, 0) is 0 Å². The topological polar surface area (TPSA) is 60.9 Å². The van der Waals surface area contributed by atoms with Crippen molar-refractivity contribution in [2.24, 2.45) is 0 Å². The third-order valence-electron chi connectivity index (χ3n) is 2.76. The van der Waals surface area contributed by atoms with Crippen LogP contribution >= 0.6 is 8.19 Å². The van der Waals surface area contributed by atoms with Crippen molar-refractivity contribution < 1.29 is 14.4 Å². The molecule has 0 radical (unpaired) electrons. The minimum absolute atomic E-state index is 0.0359. The van der Waals surface area contributed by atoms with Gasteiger partial charge in [0.05, 0.1) is 16.4 Å². The lowest BCUT2D eigenvalue weighted by atomic mass is 10.1. The molecule has 0 bridgehead atoms. The van der Waals surface area contributed by atoms with Gasteiger partial charge in [-0.2, -0.15) is 0 Å². The Morgan fingerprint density at radius 1 is 0.800 bits per heavy atom. The number of hydrogen-bond donors (Lipinski definition) is 0. The van der Waals surface area contributed by atoms with E-state index in [2.05, 4.69) is 0 Å². The Balaban J connectivity index is 3.45. The third-order valence-corrected chi connectivity index (χ3v) is 3.94. The molecule has 1 atom stereocenters. The smallest absolute Gasteiger partial charge is 0.257 e. The van der Waals surface area contributed by atoms with E-state index < -0.39 is 0 Å². The molecule has 0 fully saturated rings. The van der Waals surface area contributed by atoms with Crippen molar-refractivity contribution in [2.75, 3.05) is 42.3 Å². The monoisotopic (exact) mass is 297 g/mol. The molecule has 110 valence electrons. The van der Waals surface area contributed by atoms with E-state index in [1.807, 2.05) is 0 Å². The van der Waals surface area contributed by atoms with Gasteiger partial charge in [-0.3, -0.25) is 14.4 Å². The number of amides is 3. The summed E-state index contributed by atoms with van der Waals surface area (Å²) in [4.78, 5) is 40.8. The Kier molecular flexibility index (Phi) is 4.95. The van der Waals surface area contributed by atoms with Crippen molar-refractivity contribution >= 4 is 25.9 Å². The first-order chi connectivity index (χ1) is 9.18. The summed E-state index contributed by atoms with van der Waals surface area (Å²) in [5.41, 5.74) is 0.544. The molecule has 0 saturated carbocycles. The molecule has 1 aromatic rings. The first-order valence-corrected chi connectivity index (χ1v) is 7.12. The fourth-order valence-electron chi connectivity index (χ4n) is 1.67. The Morgan fingerprint density at radius 2 is 1.25 bits per heavy atom. The van der Waals surface area contributed by atoms with Gasteiger partial charge in [-0.25, -0.2) is 0 Å². The van der Waals surface area contributed by atoms with Crippen molar-refractivity contribution in [1.82, 2.24) is 14.7 Å². The summed E-state index contributed by atoms with van der Waals surface area (Å²) in [6.07, 6.45) is 0. The van der Waals surface area contributed by atoms with E-state index in [0.717, 1.165) is 0 Å². The number of carbonyl (C=O) groups is 3. The second kappa shape index (κ2) is 6.09. The van der Waals surface area contributed by atoms with Crippen molar-refractivity contribution in [3.8, 4) is 0 Å². The van der Waals surface area contributed by atoms with Crippen LogP contribution in [0.5, 0.6) is 0 Å². The van der Waals surface area contributed by atoms with Gasteiger partial charge in [-0.15, -0.1) is 8.19 Å². The summed E-state index contributed by atoms with van der Waals surface area (Å²) in [5.74, 6) is 0.868. The normalized spacial score (nSPS) is 10.5. The van der Waals surface area contributed by atoms with Gasteiger partial charge in [0, 0.05) is 42.3 Å². The number of rotatable bonds is 3. The highest BCUT2D eigenvalue weighted by atomic mass is 31.0. The van der Waals surface area contributed by atoms with Crippen molar-refractivity contribution in [3.63, 3.8) is 0 Å². The minimum Gasteiger partial charge on any atom is -0.345 e. The zero-order chi connectivity index (χ0) is 15.6. The van der Waals surface area contributed by atoms with E-state index in [1.165, 1.54) is 14.7 Å². The molecular weight excluding hydrogens is 277 g/mol. The van der Waals surface area contributed by atoms with Gasteiger partial charge in [0.15, 0.2) is 0 Å². The Morgan fingerprint density at radius 3 is 1.65 bits per heavy atom. The Hall–Kier alpha value is -1.81. The number of nitrogens with zero attached hydrogens (tertiary/aromatic N) is 3. The van der Waals surface area contributed by atoms with Crippen LogP contribution in [0.25, 0.3) is 0 Å². The van der Waals surface area contributed by atoms with Crippen LogP contribution in [0.3, 0.4) is 0 Å². The molecule has 0 aliphatic rings. The highest BCUT2D eigenvalue weighted by Crippen LogP contribution is 2.29. The summed E-state index contributed by atoms with van der Waals surface area (Å²) < 4.78 is 0. The fourth-order valence-corrected chi connectivity index (χ4v) is 2.96. The molecule has 20 heavy (non-hydrogen) atoms. The van der Waals surface area contributed by atoms with Gasteiger partial charge in [0.2, 0.25) is 0 Å². The highest BCUT2D eigenvalue weighted by Gasteiger charge is 2.28. The van der Waals surface area contributed by atoms with Crippen LogP contribution in [-0.4, -0.2) is 74.7 Å². The SMILES string of the molecule is CN(C)C(=O)c1c[pH]c(C(=O)N(C)C)c1C(=O)N(C)C. The molecule has 0 N–H and O–H groups in total. The zero-order valence-electron chi connectivity index (χ0n) is 12.6. The van der Waals surface area contributed by atoms with Crippen LogP contribution in [0.15, 0.2) is 5.80 Å². The molecule has 0 spiro atoms. The van der Waals surface area contributed by atoms with E-state index in [1.54, 1.807) is 48.1 Å². The molecular formula is C13H20N3O3P. The zero-order valence-corrected chi connectivity index (χ0v) is 13.6. The summed E-state index contributed by atoms with van der Waals surface area (Å²) in [6, 6.07) is 0. The number of hydrogen-bond acceptors (Lipinski definition) is 3. The predicted molar refractivity (Wildman–Crippen MR) is 80.0 cm³/mol. The fraction of sp³-hybridized carbons (Fsp3) is 0.462. The minimum atomic E-state index is -0.318. The lowest BCUT2D eigenvalue weighted by Gasteiger charge is -2.16. The molecule has 0 aliphatic heterocycles. The first kappa shape index (κ1) is 16.2. The first-order valence-electron chi connectivity index (χ1n) is 6.04. The van der Waals surface area contributed by atoms with Crippen molar-refractivity contribution in [2.45, 2.75) is 0 Å². The Bertz CT molecular complexity index is 510. The van der Waals surface area contributed by atoms with Gasteiger partial charge in [0.1, 0.15) is 0 Å². The largest absolute Gasteiger partial charge is 0.345 e. The van der Waals surface area contributed by atoms with E-state index in [0.29, 0.717) is 10.9 Å². The van der Waals surface area contributed by atoms with Gasteiger partial charge in [-0.05, 0) is 5.80 Å². The maximum atomic E-state index is 12.3. The molecule has 7 heteroatoms. The molecule has 0 aromatic carbocycles. The molecule has 1 aromatic heterocycles. The molecule has 3 amide bonds. The average Bonchev–Trinajstić information content (AvgIpc) is 2.79. The summed E-state index contributed by atoms with van der Waals surface area (Å²) in [7, 11) is 9.74. The van der Waals surface area contributed by atoms with Crippen LogP contribution in [0, 0.1) is 0 Å². The quantitative estimate of drug-likeness (QED) is 0.830. The maximum absolute atomic E-state index is 12.3. The second-order valence-corrected chi connectivity index (χ2v) is 6.13. The molecule has 1 unspecified atom stereocenters. The lowest BCUT2D eigenvalue weighted by molar-refractivity contribution is 0.0778.